The molecule has 5 nitrogen and oxygen atoms in total. The van der Waals surface area contributed by atoms with Crippen LogP contribution >= 0.6 is 0 Å². The number of rotatable bonds is 3. The zero-order valence-corrected chi connectivity index (χ0v) is 16.8. The second kappa shape index (κ2) is 7.32. The van der Waals surface area contributed by atoms with Crippen LogP contribution in [0.2, 0.25) is 0 Å². The van der Waals surface area contributed by atoms with Gasteiger partial charge in [0.05, 0.1) is 17.5 Å². The van der Waals surface area contributed by atoms with Crippen molar-refractivity contribution in [3.63, 3.8) is 0 Å². The smallest absolute Gasteiger partial charge is 0.255 e. The van der Waals surface area contributed by atoms with E-state index in [9.17, 15) is 14.4 Å². The first kappa shape index (κ1) is 19.1. The Morgan fingerprint density at radius 3 is 2.45 bits per heavy atom. The van der Waals surface area contributed by atoms with Crippen LogP contribution in [0.5, 0.6) is 0 Å². The molecule has 2 aromatic carbocycles. The van der Waals surface area contributed by atoms with Gasteiger partial charge >= 0.3 is 0 Å². The molecule has 4 rings (SSSR count). The second-order valence-corrected chi connectivity index (χ2v) is 8.05. The minimum absolute atomic E-state index is 0.0336. The number of carbonyl (C=O) groups excluding carboxylic acids is 3. The van der Waals surface area contributed by atoms with Crippen LogP contribution in [0.25, 0.3) is 0 Å². The third-order valence-electron chi connectivity index (χ3n) is 5.72. The molecule has 0 bridgehead atoms. The van der Waals surface area contributed by atoms with Gasteiger partial charge in [0.15, 0.2) is 0 Å². The number of nitrogens with zero attached hydrogens (tertiary/aromatic N) is 1. The maximum absolute atomic E-state index is 13.0. The molecule has 0 unspecified atom stereocenters. The number of fused-ring (bicyclic) bond motifs is 1. The minimum Gasteiger partial charge on any atom is -0.322 e. The highest BCUT2D eigenvalue weighted by molar-refractivity contribution is 6.22. The maximum atomic E-state index is 13.0. The molecule has 1 N–H and O–H groups in total. The predicted molar refractivity (Wildman–Crippen MR) is 113 cm³/mol. The molecule has 1 saturated heterocycles. The van der Waals surface area contributed by atoms with Gasteiger partial charge in [-0.05, 0) is 67.6 Å². The molecule has 3 atom stereocenters. The average molecular weight is 388 g/mol. The lowest BCUT2D eigenvalue weighted by atomic mass is 9.78. The van der Waals surface area contributed by atoms with E-state index in [2.05, 4.69) is 5.32 Å². The van der Waals surface area contributed by atoms with E-state index in [0.717, 1.165) is 16.8 Å². The second-order valence-electron chi connectivity index (χ2n) is 8.05. The van der Waals surface area contributed by atoms with Gasteiger partial charge in [-0.25, -0.2) is 0 Å². The molecule has 0 spiro atoms. The van der Waals surface area contributed by atoms with Crippen molar-refractivity contribution in [1.82, 2.24) is 0 Å². The normalized spacial score (nSPS) is 23.3. The van der Waals surface area contributed by atoms with Gasteiger partial charge < -0.3 is 5.32 Å². The van der Waals surface area contributed by atoms with Gasteiger partial charge in [0.1, 0.15) is 0 Å². The van der Waals surface area contributed by atoms with Gasteiger partial charge in [0, 0.05) is 11.3 Å². The van der Waals surface area contributed by atoms with Gasteiger partial charge in [-0.3, -0.25) is 19.3 Å². The number of anilines is 2. The number of hydrogen-bond acceptors (Lipinski definition) is 3. The van der Waals surface area contributed by atoms with Crippen LogP contribution in [0.3, 0.4) is 0 Å². The number of hydrogen-bond donors (Lipinski definition) is 1. The Morgan fingerprint density at radius 2 is 1.76 bits per heavy atom. The highest BCUT2D eigenvalue weighted by Crippen LogP contribution is 2.40. The van der Waals surface area contributed by atoms with Crippen molar-refractivity contribution in [1.29, 1.82) is 0 Å². The van der Waals surface area contributed by atoms with E-state index >= 15 is 0 Å². The monoisotopic (exact) mass is 388 g/mol. The lowest BCUT2D eigenvalue weighted by molar-refractivity contribution is -0.122. The first-order valence-corrected chi connectivity index (χ1v) is 9.89. The highest BCUT2D eigenvalue weighted by atomic mass is 16.2. The maximum Gasteiger partial charge on any atom is 0.255 e. The number of aryl methyl sites for hydroxylation is 2. The topological polar surface area (TPSA) is 66.5 Å². The molecule has 29 heavy (non-hydrogen) atoms. The van der Waals surface area contributed by atoms with E-state index < -0.39 is 0 Å². The van der Waals surface area contributed by atoms with E-state index in [4.69, 9.17) is 0 Å². The Kier molecular flexibility index (Phi) is 4.82. The summed E-state index contributed by atoms with van der Waals surface area (Å²) >= 11 is 0. The number of nitrogens with one attached hydrogen (secondary N) is 1. The van der Waals surface area contributed by atoms with Crippen LogP contribution in [-0.4, -0.2) is 17.7 Å². The number of carbonyl (C=O) groups is 3. The van der Waals surface area contributed by atoms with Crippen LogP contribution in [0.15, 0.2) is 54.6 Å². The molecule has 3 amide bonds. The summed E-state index contributed by atoms with van der Waals surface area (Å²) in [5.74, 6) is -1.23. The molecule has 1 fully saturated rings. The zero-order chi connectivity index (χ0) is 20.7. The van der Waals surface area contributed by atoms with E-state index in [1.165, 1.54) is 4.90 Å². The molecule has 0 aromatic heterocycles. The summed E-state index contributed by atoms with van der Waals surface area (Å²) in [6.45, 7) is 5.92. The summed E-state index contributed by atoms with van der Waals surface area (Å²) < 4.78 is 0. The molecule has 5 heteroatoms. The van der Waals surface area contributed by atoms with Crippen molar-refractivity contribution < 1.29 is 14.4 Å². The molecular formula is C24H24N2O3. The summed E-state index contributed by atoms with van der Waals surface area (Å²) in [6, 6.07) is 12.6. The Hall–Kier alpha value is -3.21. The first-order chi connectivity index (χ1) is 13.8. The Balaban J connectivity index is 1.60. The van der Waals surface area contributed by atoms with Crippen LogP contribution in [-0.2, 0) is 9.59 Å². The standard InChI is InChI=1S/C24H24N2O3/c1-14-10-15(2)12-18(11-14)25-22(27)17-7-5-8-19(13-17)26-23(28)20-9-4-6-16(3)21(20)24(26)29/h4-8,10-13,16,20-21H,9H2,1-3H3,(H,25,27)/t16-,20+,21-/m0/s1. The summed E-state index contributed by atoms with van der Waals surface area (Å²) in [7, 11) is 0. The largest absolute Gasteiger partial charge is 0.322 e. The highest BCUT2D eigenvalue weighted by Gasteiger charge is 2.50. The molecule has 2 aromatic rings. The predicted octanol–water partition coefficient (Wildman–Crippen LogP) is 4.26. The summed E-state index contributed by atoms with van der Waals surface area (Å²) in [5, 5.41) is 2.90. The molecule has 2 aliphatic rings. The molecule has 148 valence electrons. The van der Waals surface area contributed by atoms with Gasteiger partial charge in [0.25, 0.3) is 5.91 Å². The fourth-order valence-electron chi connectivity index (χ4n) is 4.44. The zero-order valence-electron chi connectivity index (χ0n) is 16.8. The van der Waals surface area contributed by atoms with E-state index in [1.807, 2.05) is 51.1 Å². The SMILES string of the molecule is Cc1cc(C)cc(NC(=O)c2cccc(N3C(=O)[C@H]4[C@@H](C)C=CC[C@H]4C3=O)c2)c1. The molecule has 1 aliphatic heterocycles. The fourth-order valence-corrected chi connectivity index (χ4v) is 4.44. The van der Waals surface area contributed by atoms with Gasteiger partial charge in [0.2, 0.25) is 11.8 Å². The quantitative estimate of drug-likeness (QED) is 0.631. The van der Waals surface area contributed by atoms with Crippen molar-refractivity contribution >= 4 is 29.1 Å². The summed E-state index contributed by atoms with van der Waals surface area (Å²) in [6.07, 6.45) is 4.57. The number of allylic oxidation sites excluding steroid dienone is 2. The Bertz CT molecular complexity index is 1020. The Labute approximate surface area is 170 Å². The number of benzene rings is 2. The molecule has 1 aliphatic carbocycles. The van der Waals surface area contributed by atoms with Crippen molar-refractivity contribution in [2.45, 2.75) is 27.2 Å². The Morgan fingerprint density at radius 1 is 1.03 bits per heavy atom. The van der Waals surface area contributed by atoms with Crippen LogP contribution in [0.4, 0.5) is 11.4 Å². The lowest BCUT2D eigenvalue weighted by Gasteiger charge is -2.22. The van der Waals surface area contributed by atoms with Crippen molar-refractivity contribution in [2.24, 2.45) is 17.8 Å². The van der Waals surface area contributed by atoms with E-state index in [-0.39, 0.29) is 35.5 Å². The third-order valence-corrected chi connectivity index (χ3v) is 5.72. The fraction of sp³-hybridized carbons (Fsp3) is 0.292. The van der Waals surface area contributed by atoms with Crippen LogP contribution in [0.1, 0.15) is 34.8 Å². The van der Waals surface area contributed by atoms with Crippen molar-refractivity contribution in [3.05, 3.63) is 71.3 Å². The number of amides is 3. The summed E-state index contributed by atoms with van der Waals surface area (Å²) in [5.41, 5.74) is 3.70. The van der Waals surface area contributed by atoms with Crippen LogP contribution < -0.4 is 10.2 Å². The molecule has 1 heterocycles. The van der Waals surface area contributed by atoms with Gasteiger partial charge in [-0.15, -0.1) is 0 Å². The van der Waals surface area contributed by atoms with E-state index in [1.54, 1.807) is 24.3 Å². The van der Waals surface area contributed by atoms with E-state index in [0.29, 0.717) is 17.7 Å². The minimum atomic E-state index is -0.319. The van der Waals surface area contributed by atoms with Crippen molar-refractivity contribution in [3.8, 4) is 0 Å². The molecule has 0 saturated carbocycles. The first-order valence-electron chi connectivity index (χ1n) is 9.89. The van der Waals surface area contributed by atoms with Crippen LogP contribution in [0, 0.1) is 31.6 Å². The number of imide groups is 1. The lowest BCUT2D eigenvalue weighted by Crippen LogP contribution is -2.31. The van der Waals surface area contributed by atoms with Gasteiger partial charge in [-0.1, -0.05) is 31.2 Å². The van der Waals surface area contributed by atoms with Gasteiger partial charge in [-0.2, -0.15) is 0 Å². The molecule has 0 radical (unpaired) electrons. The van der Waals surface area contributed by atoms with Crippen molar-refractivity contribution in [2.75, 3.05) is 10.2 Å². The molecular weight excluding hydrogens is 364 g/mol. The third kappa shape index (κ3) is 3.48. The summed E-state index contributed by atoms with van der Waals surface area (Å²) in [4.78, 5) is 39.9. The average Bonchev–Trinajstić information content (AvgIpc) is 2.92.